The second kappa shape index (κ2) is 7.44. The molecule has 1 atom stereocenters. The third-order valence-electron chi connectivity index (χ3n) is 3.71. The van der Waals surface area contributed by atoms with Crippen molar-refractivity contribution in [1.82, 2.24) is 25.0 Å². The Labute approximate surface area is 145 Å². The maximum atomic E-state index is 11.9. The van der Waals surface area contributed by atoms with Crippen molar-refractivity contribution < 1.29 is 4.79 Å². The predicted molar refractivity (Wildman–Crippen MR) is 95.6 cm³/mol. The number of thiazole rings is 1. The van der Waals surface area contributed by atoms with E-state index in [1.54, 1.807) is 11.3 Å². The van der Waals surface area contributed by atoms with Crippen LogP contribution in [-0.4, -0.2) is 33.5 Å². The van der Waals surface area contributed by atoms with Crippen molar-refractivity contribution in [3.05, 3.63) is 52.4 Å². The molecule has 24 heavy (non-hydrogen) atoms. The summed E-state index contributed by atoms with van der Waals surface area (Å²) in [5.74, 6) is 0.216. The van der Waals surface area contributed by atoms with Gasteiger partial charge in [-0.3, -0.25) is 0 Å². The highest BCUT2D eigenvalue weighted by molar-refractivity contribution is 7.11. The molecule has 3 aromatic rings. The first-order valence-corrected chi connectivity index (χ1v) is 8.80. The smallest absolute Gasteiger partial charge is 0.314 e. The number of rotatable bonds is 6. The molecule has 1 unspecified atom stereocenters. The molecule has 3 aromatic heterocycles. The minimum atomic E-state index is -0.154. The number of pyridine rings is 1. The van der Waals surface area contributed by atoms with Gasteiger partial charge in [0.1, 0.15) is 5.65 Å². The van der Waals surface area contributed by atoms with Crippen LogP contribution in [-0.2, 0) is 6.42 Å². The van der Waals surface area contributed by atoms with E-state index in [0.717, 1.165) is 16.3 Å². The summed E-state index contributed by atoms with van der Waals surface area (Å²) < 4.78 is 1.98. The molecule has 0 aromatic carbocycles. The fourth-order valence-corrected chi connectivity index (χ4v) is 3.23. The molecule has 0 bridgehead atoms. The third kappa shape index (κ3) is 4.11. The molecule has 2 amide bonds. The number of hydrogen-bond donors (Lipinski definition) is 2. The molecule has 3 heterocycles. The van der Waals surface area contributed by atoms with E-state index in [4.69, 9.17) is 0 Å². The Hall–Kier alpha value is -2.41. The molecular weight excluding hydrogens is 322 g/mol. The molecule has 2 N–H and O–H groups in total. The van der Waals surface area contributed by atoms with Gasteiger partial charge in [-0.1, -0.05) is 13.0 Å². The van der Waals surface area contributed by atoms with Crippen LogP contribution >= 0.6 is 11.3 Å². The average molecular weight is 343 g/mol. The van der Waals surface area contributed by atoms with Crippen LogP contribution in [0, 0.1) is 6.92 Å². The minimum absolute atomic E-state index is 0.154. The standard InChI is InChI=1S/C17H21N5OS/c1-12(16-19-10-13(2)24-16)9-20-17(23)18-7-6-14-11-22-8-4-3-5-15(22)21-14/h3-5,8,10-12H,6-7,9H2,1-2H3,(H2,18,20,23). The number of carbonyl (C=O) groups is 1. The Bertz CT molecular complexity index is 792. The molecule has 0 radical (unpaired) electrons. The highest BCUT2D eigenvalue weighted by atomic mass is 32.1. The summed E-state index contributed by atoms with van der Waals surface area (Å²) >= 11 is 1.67. The number of amides is 2. The molecule has 6 nitrogen and oxygen atoms in total. The van der Waals surface area contributed by atoms with Gasteiger partial charge in [-0.25, -0.2) is 14.8 Å². The lowest BCUT2D eigenvalue weighted by Gasteiger charge is -2.11. The molecule has 0 fully saturated rings. The van der Waals surface area contributed by atoms with Gasteiger partial charge in [-0.2, -0.15) is 0 Å². The van der Waals surface area contributed by atoms with Gasteiger partial charge in [0.25, 0.3) is 0 Å². The monoisotopic (exact) mass is 343 g/mol. The highest BCUT2D eigenvalue weighted by Gasteiger charge is 2.11. The Morgan fingerprint density at radius 1 is 1.38 bits per heavy atom. The Kier molecular flexibility index (Phi) is 5.10. The van der Waals surface area contributed by atoms with Gasteiger partial charge in [0.05, 0.1) is 10.7 Å². The summed E-state index contributed by atoms with van der Waals surface area (Å²) in [7, 11) is 0. The zero-order valence-corrected chi connectivity index (χ0v) is 14.6. The van der Waals surface area contributed by atoms with Crippen LogP contribution in [0.2, 0.25) is 0 Å². The number of nitrogens with one attached hydrogen (secondary N) is 2. The second-order valence-corrected chi connectivity index (χ2v) is 7.06. The Balaban J connectivity index is 1.40. The van der Waals surface area contributed by atoms with Gasteiger partial charge in [0, 0.05) is 48.9 Å². The fraction of sp³-hybridized carbons (Fsp3) is 0.353. The SMILES string of the molecule is Cc1cnc(C(C)CNC(=O)NCCc2cn3ccccc3n2)s1. The largest absolute Gasteiger partial charge is 0.338 e. The van der Waals surface area contributed by atoms with E-state index >= 15 is 0 Å². The Morgan fingerprint density at radius 2 is 2.25 bits per heavy atom. The number of aromatic nitrogens is 3. The van der Waals surface area contributed by atoms with Crippen molar-refractivity contribution in [3.63, 3.8) is 0 Å². The summed E-state index contributed by atoms with van der Waals surface area (Å²) in [6.07, 6.45) is 6.53. The van der Waals surface area contributed by atoms with Gasteiger partial charge in [0.15, 0.2) is 0 Å². The van der Waals surface area contributed by atoms with E-state index in [1.165, 1.54) is 4.88 Å². The molecule has 7 heteroatoms. The molecule has 3 rings (SSSR count). The van der Waals surface area contributed by atoms with Crippen molar-refractivity contribution in [2.75, 3.05) is 13.1 Å². The molecule has 0 saturated heterocycles. The maximum absolute atomic E-state index is 11.9. The van der Waals surface area contributed by atoms with Crippen LogP contribution in [0.5, 0.6) is 0 Å². The summed E-state index contributed by atoms with van der Waals surface area (Å²) in [5, 5.41) is 6.82. The van der Waals surface area contributed by atoms with Gasteiger partial charge in [-0.15, -0.1) is 11.3 Å². The molecule has 0 saturated carbocycles. The maximum Gasteiger partial charge on any atom is 0.314 e. The Morgan fingerprint density at radius 3 is 3.00 bits per heavy atom. The number of fused-ring (bicyclic) bond motifs is 1. The summed E-state index contributed by atoms with van der Waals surface area (Å²) in [6.45, 7) is 5.23. The zero-order valence-electron chi connectivity index (χ0n) is 13.8. The first-order valence-electron chi connectivity index (χ1n) is 7.98. The first-order chi connectivity index (χ1) is 11.6. The fourth-order valence-electron chi connectivity index (χ4n) is 2.41. The zero-order chi connectivity index (χ0) is 16.9. The summed E-state index contributed by atoms with van der Waals surface area (Å²) in [5.41, 5.74) is 1.89. The van der Waals surface area contributed by atoms with Crippen molar-refractivity contribution in [1.29, 1.82) is 0 Å². The average Bonchev–Trinajstić information content (AvgIpc) is 3.18. The van der Waals surface area contributed by atoms with Crippen LogP contribution in [0.3, 0.4) is 0 Å². The number of urea groups is 1. The van der Waals surface area contributed by atoms with E-state index in [-0.39, 0.29) is 11.9 Å². The van der Waals surface area contributed by atoms with Crippen molar-refractivity contribution in [3.8, 4) is 0 Å². The normalized spacial score (nSPS) is 12.2. The van der Waals surface area contributed by atoms with Crippen LogP contribution in [0.25, 0.3) is 5.65 Å². The number of aryl methyl sites for hydroxylation is 1. The lowest BCUT2D eigenvalue weighted by atomic mass is 10.2. The molecule has 0 aliphatic carbocycles. The molecule has 126 valence electrons. The highest BCUT2D eigenvalue weighted by Crippen LogP contribution is 2.20. The van der Waals surface area contributed by atoms with Crippen molar-refractivity contribution in [2.45, 2.75) is 26.2 Å². The molecule has 0 spiro atoms. The van der Waals surface area contributed by atoms with E-state index < -0.39 is 0 Å². The van der Waals surface area contributed by atoms with Gasteiger partial charge in [0.2, 0.25) is 0 Å². The van der Waals surface area contributed by atoms with E-state index in [9.17, 15) is 4.79 Å². The number of carbonyl (C=O) groups excluding carboxylic acids is 1. The topological polar surface area (TPSA) is 71.3 Å². The summed E-state index contributed by atoms with van der Waals surface area (Å²) in [6, 6.07) is 5.74. The van der Waals surface area contributed by atoms with Gasteiger partial charge < -0.3 is 15.0 Å². The van der Waals surface area contributed by atoms with E-state index in [0.29, 0.717) is 19.5 Å². The third-order valence-corrected chi connectivity index (χ3v) is 4.85. The van der Waals surface area contributed by atoms with Gasteiger partial charge in [-0.05, 0) is 19.1 Å². The quantitative estimate of drug-likeness (QED) is 0.723. The van der Waals surface area contributed by atoms with Crippen LogP contribution < -0.4 is 10.6 Å². The minimum Gasteiger partial charge on any atom is -0.338 e. The van der Waals surface area contributed by atoms with E-state index in [1.807, 2.05) is 48.1 Å². The van der Waals surface area contributed by atoms with Crippen molar-refractivity contribution >= 4 is 23.0 Å². The van der Waals surface area contributed by atoms with Crippen LogP contribution in [0.1, 0.15) is 28.4 Å². The molecular formula is C17H21N5OS. The second-order valence-electron chi connectivity index (χ2n) is 5.80. The summed E-state index contributed by atoms with van der Waals surface area (Å²) in [4.78, 5) is 21.9. The molecule has 0 aliphatic rings. The van der Waals surface area contributed by atoms with Crippen LogP contribution in [0.15, 0.2) is 36.8 Å². The lowest BCUT2D eigenvalue weighted by molar-refractivity contribution is 0.240. The van der Waals surface area contributed by atoms with E-state index in [2.05, 4.69) is 27.5 Å². The van der Waals surface area contributed by atoms with Crippen LogP contribution in [0.4, 0.5) is 4.79 Å². The first kappa shape index (κ1) is 16.4. The number of nitrogens with zero attached hydrogens (tertiary/aromatic N) is 3. The van der Waals surface area contributed by atoms with Gasteiger partial charge >= 0.3 is 6.03 Å². The lowest BCUT2D eigenvalue weighted by Crippen LogP contribution is -2.38. The predicted octanol–water partition coefficient (Wildman–Crippen LogP) is 2.74. The number of hydrogen-bond acceptors (Lipinski definition) is 4. The number of imidazole rings is 1. The molecule has 0 aliphatic heterocycles. The van der Waals surface area contributed by atoms with Crippen molar-refractivity contribution in [2.24, 2.45) is 0 Å².